The molecule has 26 heavy (non-hydrogen) atoms. The van der Waals surface area contributed by atoms with Crippen molar-refractivity contribution in [3.05, 3.63) is 66.7 Å². The van der Waals surface area contributed by atoms with Crippen LogP contribution in [-0.2, 0) is 20.8 Å². The summed E-state index contributed by atoms with van der Waals surface area (Å²) in [4.78, 5) is 0. The van der Waals surface area contributed by atoms with Gasteiger partial charge in [-0.25, -0.2) is 12.1 Å². The van der Waals surface area contributed by atoms with Gasteiger partial charge in [0, 0.05) is 0 Å². The second kappa shape index (κ2) is 14.1. The van der Waals surface area contributed by atoms with Crippen LogP contribution in [0.4, 0.5) is 0 Å². The molecule has 0 nitrogen and oxygen atoms in total. The number of rotatable bonds is 5. The minimum atomic E-state index is -0.826. The van der Waals surface area contributed by atoms with Gasteiger partial charge in [0.05, 0.1) is 0 Å². The first kappa shape index (κ1) is 24.1. The molecule has 0 saturated carbocycles. The van der Waals surface area contributed by atoms with Crippen LogP contribution in [0, 0.1) is 11.8 Å². The number of hydrogen-bond donors (Lipinski definition) is 0. The summed E-state index contributed by atoms with van der Waals surface area (Å²) in [5.74, 6) is 1.60. The quantitative estimate of drug-likeness (QED) is 0.255. The van der Waals surface area contributed by atoms with Crippen molar-refractivity contribution in [1.29, 1.82) is 0 Å². The molecule has 140 valence electrons. The van der Waals surface area contributed by atoms with Gasteiger partial charge in [-0.05, 0) is 24.2 Å². The minimum Gasteiger partial charge on any atom is -0.214 e. The molecule has 3 aromatic rings. The summed E-state index contributed by atoms with van der Waals surface area (Å²) < 4.78 is 0. The van der Waals surface area contributed by atoms with Gasteiger partial charge in [0.15, 0.2) is 0 Å². The van der Waals surface area contributed by atoms with Crippen LogP contribution in [0.15, 0.2) is 66.7 Å². The Balaban J connectivity index is 0.000000351. The molecule has 4 heteroatoms. The maximum Gasteiger partial charge on any atom is -0.172 e. The van der Waals surface area contributed by atoms with E-state index < -0.39 is 20.8 Å². The van der Waals surface area contributed by atoms with Gasteiger partial charge in [-0.2, -0.15) is 24.3 Å². The van der Waals surface area contributed by atoms with Crippen LogP contribution < -0.4 is 5.30 Å². The molecule has 0 saturated heterocycles. The molecule has 0 fully saturated rings. The average molecular weight is 487 g/mol. The van der Waals surface area contributed by atoms with Crippen LogP contribution in [0.3, 0.4) is 0 Å². The maximum atomic E-state index is 4.93. The molecule has 0 radical (unpaired) electrons. The van der Waals surface area contributed by atoms with E-state index in [1.54, 1.807) is 5.30 Å². The van der Waals surface area contributed by atoms with E-state index in [1.165, 1.54) is 23.1 Å². The van der Waals surface area contributed by atoms with Crippen molar-refractivity contribution in [2.75, 3.05) is 12.3 Å². The Morgan fingerprint density at radius 1 is 0.923 bits per heavy atom. The number of fused-ring (bicyclic) bond motifs is 1. The Morgan fingerprint density at radius 3 is 1.88 bits per heavy atom. The zero-order valence-corrected chi connectivity index (χ0v) is 21.0. The van der Waals surface area contributed by atoms with Gasteiger partial charge in [-0.1, -0.05) is 41.7 Å². The van der Waals surface area contributed by atoms with Crippen molar-refractivity contribution >= 4 is 41.0 Å². The molecular formula is C22H29Cl2PZr. The number of hydrogen-bond acceptors (Lipinski definition) is 0. The molecular weight excluding hydrogens is 457 g/mol. The van der Waals surface area contributed by atoms with E-state index in [0.29, 0.717) is 0 Å². The Morgan fingerprint density at radius 2 is 1.46 bits per heavy atom. The zero-order chi connectivity index (χ0) is 19.4. The molecule has 3 rings (SSSR count). The molecule has 0 aromatic heterocycles. The summed E-state index contributed by atoms with van der Waals surface area (Å²) in [5, 5.41) is 4.42. The van der Waals surface area contributed by atoms with Gasteiger partial charge in [-0.3, -0.25) is 0 Å². The molecule has 0 spiro atoms. The summed E-state index contributed by atoms with van der Waals surface area (Å²) >= 11 is -0.826. The van der Waals surface area contributed by atoms with Gasteiger partial charge in [0.25, 0.3) is 0 Å². The molecule has 0 N–H and O–H groups in total. The summed E-state index contributed by atoms with van der Waals surface area (Å²) in [6.45, 7) is 9.38. The fraction of sp³-hybridized carbons (Fsp3) is 0.364. The van der Waals surface area contributed by atoms with E-state index >= 15 is 0 Å². The third-order valence-corrected chi connectivity index (χ3v) is 7.03. The average Bonchev–Trinajstić information content (AvgIpc) is 3.27. The first-order chi connectivity index (χ1) is 12.5. The normalized spacial score (nSPS) is 10.3. The summed E-state index contributed by atoms with van der Waals surface area (Å²) in [5.41, 5.74) is 0. The van der Waals surface area contributed by atoms with E-state index in [9.17, 15) is 0 Å². The van der Waals surface area contributed by atoms with E-state index in [-0.39, 0.29) is 7.92 Å². The largest absolute Gasteiger partial charge is 0.214 e. The van der Waals surface area contributed by atoms with Gasteiger partial charge in [0.2, 0.25) is 0 Å². The maximum absolute atomic E-state index is 4.93. The van der Waals surface area contributed by atoms with Gasteiger partial charge in [-0.15, -0.1) is 40.3 Å². The molecule has 0 amide bonds. The molecule has 0 aliphatic rings. The van der Waals surface area contributed by atoms with Crippen LogP contribution >= 0.6 is 24.9 Å². The zero-order valence-electron chi connectivity index (χ0n) is 16.1. The predicted molar refractivity (Wildman–Crippen MR) is 119 cm³/mol. The molecule has 0 bridgehead atoms. The molecule has 0 heterocycles. The van der Waals surface area contributed by atoms with E-state index in [4.69, 9.17) is 17.0 Å². The monoisotopic (exact) mass is 484 g/mol. The Kier molecular flexibility index (Phi) is 13.1. The fourth-order valence-corrected chi connectivity index (χ4v) is 5.78. The molecule has 0 aliphatic heterocycles. The minimum absolute atomic E-state index is 0.0185. The Bertz CT molecular complexity index is 629. The van der Waals surface area contributed by atoms with Crippen LogP contribution in [0.25, 0.3) is 10.8 Å². The Hall–Kier alpha value is 0.0731. The number of halogens is 2. The first-order valence-electron chi connectivity index (χ1n) is 9.01. The van der Waals surface area contributed by atoms with Crippen molar-refractivity contribution in [3.63, 3.8) is 0 Å². The van der Waals surface area contributed by atoms with Crippen molar-refractivity contribution in [1.82, 2.24) is 0 Å². The molecule has 0 atom stereocenters. The topological polar surface area (TPSA) is 0 Å². The van der Waals surface area contributed by atoms with Crippen LogP contribution in [0.2, 0.25) is 0 Å². The molecule has 3 aromatic carbocycles. The fourth-order valence-electron chi connectivity index (χ4n) is 2.80. The summed E-state index contributed by atoms with van der Waals surface area (Å²) in [6.07, 6.45) is 2.73. The standard InChI is InChI=1S/C17H24P.C5H5.2ClH.Zr/c1-13(2)11-18(12-14(3)4)17-9-15-7-5-6-8-16(15)10-17;1-2-4-5-3-1;;;/h5-10,13-14H,11-12H2,1-4H3;1-5H;2*1H;/q2*-1;;;+4/p-2. The van der Waals surface area contributed by atoms with Crippen molar-refractivity contribution in [2.45, 2.75) is 27.7 Å². The third kappa shape index (κ3) is 9.85. The molecule has 0 aliphatic carbocycles. The summed E-state index contributed by atoms with van der Waals surface area (Å²) in [6, 6.07) is 23.6. The SMILES string of the molecule is CC(C)CP(CC(C)C)c1cc2ccccc2[cH-]1.[Cl][Zr+2][Cl].c1cc[cH-]c1. The van der Waals surface area contributed by atoms with E-state index in [2.05, 4.69) is 64.1 Å². The van der Waals surface area contributed by atoms with Crippen LogP contribution in [0.1, 0.15) is 27.7 Å². The third-order valence-electron chi connectivity index (χ3n) is 3.69. The second-order valence-electron chi connectivity index (χ2n) is 7.07. The second-order valence-corrected chi connectivity index (χ2v) is 13.1. The van der Waals surface area contributed by atoms with Crippen molar-refractivity contribution < 1.29 is 20.8 Å². The van der Waals surface area contributed by atoms with Crippen LogP contribution in [-0.4, -0.2) is 12.3 Å². The van der Waals surface area contributed by atoms with Gasteiger partial charge in [0.1, 0.15) is 0 Å². The predicted octanol–water partition coefficient (Wildman–Crippen LogP) is 7.76. The summed E-state index contributed by atoms with van der Waals surface area (Å²) in [7, 11) is 9.89. The molecule has 0 unspecified atom stereocenters. The van der Waals surface area contributed by atoms with E-state index in [0.717, 1.165) is 11.8 Å². The van der Waals surface area contributed by atoms with Crippen molar-refractivity contribution in [2.24, 2.45) is 11.8 Å². The first-order valence-corrected chi connectivity index (χ1v) is 17.1. The van der Waals surface area contributed by atoms with E-state index in [1.807, 2.05) is 30.3 Å². The van der Waals surface area contributed by atoms with Crippen molar-refractivity contribution in [3.8, 4) is 0 Å². The smallest absolute Gasteiger partial charge is 0.172 e. The van der Waals surface area contributed by atoms with Gasteiger partial charge < -0.3 is 0 Å². The van der Waals surface area contributed by atoms with Crippen LogP contribution in [0.5, 0.6) is 0 Å². The van der Waals surface area contributed by atoms with Gasteiger partial charge >= 0.3 is 37.9 Å². The number of benzene rings is 1. The Labute approximate surface area is 179 Å².